The van der Waals surface area contributed by atoms with Gasteiger partial charge in [-0.3, -0.25) is 0 Å². The van der Waals surface area contributed by atoms with E-state index in [4.69, 9.17) is 9.47 Å². The van der Waals surface area contributed by atoms with E-state index in [1.807, 2.05) is 38.2 Å². The summed E-state index contributed by atoms with van der Waals surface area (Å²) >= 11 is 0. The maximum Gasteiger partial charge on any atom is 0.414 e. The number of ether oxygens (including phenoxy) is 2. The molecule has 0 bridgehead atoms. The van der Waals surface area contributed by atoms with Gasteiger partial charge >= 0.3 is 12.1 Å². The van der Waals surface area contributed by atoms with E-state index in [0.29, 0.717) is 24.3 Å². The maximum absolute atomic E-state index is 12.1. The number of esters is 1. The van der Waals surface area contributed by atoms with E-state index in [2.05, 4.69) is 5.32 Å². The van der Waals surface area contributed by atoms with Gasteiger partial charge in [-0.05, 0) is 43.8 Å². The number of carbonyl (C=O) groups is 2. The smallest absolute Gasteiger partial charge is 0.414 e. The van der Waals surface area contributed by atoms with Crippen molar-refractivity contribution >= 4 is 24.5 Å². The highest BCUT2D eigenvalue weighted by atomic mass is 35.5. The van der Waals surface area contributed by atoms with Gasteiger partial charge in [0.05, 0.1) is 12.2 Å². The zero-order valence-electron chi connectivity index (χ0n) is 16.6. The van der Waals surface area contributed by atoms with Crippen LogP contribution in [0.3, 0.4) is 0 Å². The first kappa shape index (κ1) is 23.5. The molecule has 2 aromatic rings. The van der Waals surface area contributed by atoms with Crippen LogP contribution in [0.25, 0.3) is 0 Å². The SMILES string of the molecule is CNC(CCOC(=O)c1ccc(C)cc1)c1ccc(OC(=O)N(C)C)cc1.Cl. The summed E-state index contributed by atoms with van der Waals surface area (Å²) in [5.41, 5.74) is 2.67. The molecule has 0 radical (unpaired) electrons. The molecule has 2 aromatic carbocycles. The van der Waals surface area contributed by atoms with Gasteiger partial charge in [-0.25, -0.2) is 9.59 Å². The van der Waals surface area contributed by atoms with Gasteiger partial charge in [0.25, 0.3) is 0 Å². The largest absolute Gasteiger partial charge is 0.462 e. The number of rotatable bonds is 7. The number of aryl methyl sites for hydroxylation is 1. The first-order chi connectivity index (χ1) is 12.9. The second-order valence-corrected chi connectivity index (χ2v) is 6.46. The lowest BCUT2D eigenvalue weighted by atomic mass is 10.0. The number of hydrogen-bond acceptors (Lipinski definition) is 5. The van der Waals surface area contributed by atoms with Gasteiger partial charge in [-0.1, -0.05) is 29.8 Å². The molecule has 6 nitrogen and oxygen atoms in total. The minimum absolute atomic E-state index is 0. The van der Waals surface area contributed by atoms with Gasteiger partial charge in [0.2, 0.25) is 0 Å². The summed E-state index contributed by atoms with van der Waals surface area (Å²) in [6, 6.07) is 14.6. The molecule has 0 saturated carbocycles. The Morgan fingerprint density at radius 3 is 2.18 bits per heavy atom. The molecular formula is C21H27ClN2O4. The zero-order chi connectivity index (χ0) is 19.8. The van der Waals surface area contributed by atoms with E-state index < -0.39 is 6.09 Å². The molecule has 0 saturated heterocycles. The number of benzene rings is 2. The van der Waals surface area contributed by atoms with E-state index in [0.717, 1.165) is 11.1 Å². The Labute approximate surface area is 172 Å². The van der Waals surface area contributed by atoms with Crippen LogP contribution in [0.2, 0.25) is 0 Å². The molecule has 0 aromatic heterocycles. The van der Waals surface area contributed by atoms with E-state index in [1.54, 1.807) is 38.4 Å². The van der Waals surface area contributed by atoms with E-state index in [-0.39, 0.29) is 24.4 Å². The molecule has 2 rings (SSSR count). The van der Waals surface area contributed by atoms with E-state index in [1.165, 1.54) is 4.90 Å². The van der Waals surface area contributed by atoms with Crippen molar-refractivity contribution in [3.05, 3.63) is 65.2 Å². The van der Waals surface area contributed by atoms with E-state index >= 15 is 0 Å². The summed E-state index contributed by atoms with van der Waals surface area (Å²) in [6.07, 6.45) is 0.209. The number of carbonyl (C=O) groups excluding carboxylic acids is 2. The molecule has 152 valence electrons. The van der Waals surface area contributed by atoms with E-state index in [9.17, 15) is 9.59 Å². The molecule has 1 atom stereocenters. The monoisotopic (exact) mass is 406 g/mol. The molecule has 0 aliphatic carbocycles. The summed E-state index contributed by atoms with van der Waals surface area (Å²) in [6.45, 7) is 2.27. The third-order valence-corrected chi connectivity index (χ3v) is 4.13. The minimum atomic E-state index is -0.420. The van der Waals surface area contributed by atoms with Gasteiger partial charge in [0.1, 0.15) is 5.75 Å². The topological polar surface area (TPSA) is 67.9 Å². The molecule has 0 aliphatic heterocycles. The number of hydrogen-bond donors (Lipinski definition) is 1. The Hall–Kier alpha value is -2.57. The lowest BCUT2D eigenvalue weighted by Gasteiger charge is -2.17. The predicted molar refractivity (Wildman–Crippen MR) is 111 cm³/mol. The van der Waals surface area contributed by atoms with Crippen LogP contribution >= 0.6 is 12.4 Å². The van der Waals surface area contributed by atoms with Crippen LogP contribution < -0.4 is 10.1 Å². The maximum atomic E-state index is 12.1. The lowest BCUT2D eigenvalue weighted by Crippen LogP contribution is -2.25. The van der Waals surface area contributed by atoms with Gasteiger partial charge in [0, 0.05) is 26.6 Å². The first-order valence-corrected chi connectivity index (χ1v) is 8.81. The Morgan fingerprint density at radius 1 is 1.04 bits per heavy atom. The average Bonchev–Trinajstić information content (AvgIpc) is 2.66. The molecule has 1 amide bonds. The molecule has 7 heteroatoms. The first-order valence-electron chi connectivity index (χ1n) is 8.81. The molecule has 1 unspecified atom stereocenters. The lowest BCUT2D eigenvalue weighted by molar-refractivity contribution is 0.0490. The third kappa shape index (κ3) is 6.87. The number of nitrogens with zero attached hydrogens (tertiary/aromatic N) is 1. The number of halogens is 1. The quantitative estimate of drug-likeness (QED) is 0.704. The Bertz CT molecular complexity index is 761. The van der Waals surface area contributed by atoms with Crippen LogP contribution in [-0.4, -0.2) is 44.7 Å². The summed E-state index contributed by atoms with van der Waals surface area (Å²) in [7, 11) is 5.11. The molecule has 0 spiro atoms. The van der Waals surface area contributed by atoms with Crippen molar-refractivity contribution in [1.29, 1.82) is 0 Å². The van der Waals surface area contributed by atoms with Crippen molar-refractivity contribution in [3.63, 3.8) is 0 Å². The molecule has 0 fully saturated rings. The van der Waals surface area contributed by atoms with Crippen LogP contribution in [0.5, 0.6) is 5.75 Å². The van der Waals surface area contributed by atoms with Crippen LogP contribution in [0.15, 0.2) is 48.5 Å². The fourth-order valence-electron chi connectivity index (χ4n) is 2.48. The normalized spacial score (nSPS) is 11.1. The third-order valence-electron chi connectivity index (χ3n) is 4.13. The van der Waals surface area contributed by atoms with Crippen molar-refractivity contribution < 1.29 is 19.1 Å². The highest BCUT2D eigenvalue weighted by Crippen LogP contribution is 2.21. The average molecular weight is 407 g/mol. The van der Waals surface area contributed by atoms with Gasteiger partial charge in [0.15, 0.2) is 0 Å². The number of amides is 1. The van der Waals surface area contributed by atoms with Gasteiger partial charge in [-0.2, -0.15) is 0 Å². The Kier molecular flexibility index (Phi) is 9.48. The second kappa shape index (κ2) is 11.3. The van der Waals surface area contributed by atoms with Crippen LogP contribution in [0, 0.1) is 6.92 Å². The molecule has 0 aliphatic rings. The Balaban J connectivity index is 0.00000392. The molecule has 0 heterocycles. The fraction of sp³-hybridized carbons (Fsp3) is 0.333. The van der Waals surface area contributed by atoms with Crippen LogP contribution in [0.1, 0.15) is 33.9 Å². The fourth-order valence-corrected chi connectivity index (χ4v) is 2.48. The molecule has 1 N–H and O–H groups in total. The van der Waals surface area contributed by atoms with Gasteiger partial charge < -0.3 is 19.7 Å². The predicted octanol–water partition coefficient (Wildman–Crippen LogP) is 3.98. The molecular weight excluding hydrogens is 380 g/mol. The van der Waals surface area contributed by atoms with Crippen molar-refractivity contribution in [3.8, 4) is 5.75 Å². The highest BCUT2D eigenvalue weighted by Gasteiger charge is 2.13. The summed E-state index contributed by atoms with van der Waals surface area (Å²) in [5.74, 6) is 0.161. The minimum Gasteiger partial charge on any atom is -0.462 e. The van der Waals surface area contributed by atoms with Crippen molar-refractivity contribution in [2.45, 2.75) is 19.4 Å². The zero-order valence-corrected chi connectivity index (χ0v) is 17.4. The highest BCUT2D eigenvalue weighted by molar-refractivity contribution is 5.89. The second-order valence-electron chi connectivity index (χ2n) is 6.46. The van der Waals surface area contributed by atoms with Crippen molar-refractivity contribution in [1.82, 2.24) is 10.2 Å². The molecule has 28 heavy (non-hydrogen) atoms. The number of nitrogens with one attached hydrogen (secondary N) is 1. The van der Waals surface area contributed by atoms with Crippen molar-refractivity contribution in [2.24, 2.45) is 0 Å². The standard InChI is InChI=1S/C21H26N2O4.ClH/c1-15-5-7-17(8-6-15)20(24)26-14-13-19(22-2)16-9-11-18(12-10-16)27-21(25)23(3)4;/h5-12,19,22H,13-14H2,1-4H3;1H. The Morgan fingerprint density at radius 2 is 1.64 bits per heavy atom. The van der Waals surface area contributed by atoms with Crippen LogP contribution in [-0.2, 0) is 4.74 Å². The van der Waals surface area contributed by atoms with Gasteiger partial charge in [-0.15, -0.1) is 12.4 Å². The summed E-state index contributed by atoms with van der Waals surface area (Å²) < 4.78 is 10.6. The van der Waals surface area contributed by atoms with Crippen LogP contribution in [0.4, 0.5) is 4.79 Å². The van der Waals surface area contributed by atoms with Crippen molar-refractivity contribution in [2.75, 3.05) is 27.7 Å². The summed E-state index contributed by atoms with van der Waals surface area (Å²) in [4.78, 5) is 25.0. The summed E-state index contributed by atoms with van der Waals surface area (Å²) in [5, 5.41) is 3.21.